The van der Waals surface area contributed by atoms with Crippen LogP contribution in [0.25, 0.3) is 0 Å². The average molecular weight is 223 g/mol. The molecule has 0 fully saturated rings. The van der Waals surface area contributed by atoms with Crippen molar-refractivity contribution in [3.8, 4) is 0 Å². The Kier molecular flexibility index (Phi) is 4.19. The smallest absolute Gasteiger partial charge is 0.269 e. The zero-order chi connectivity index (χ0) is 12.1. The van der Waals surface area contributed by atoms with Gasteiger partial charge in [-0.2, -0.15) is 0 Å². The first kappa shape index (κ1) is 12.4. The van der Waals surface area contributed by atoms with Crippen molar-refractivity contribution in [2.24, 2.45) is 17.4 Å². The van der Waals surface area contributed by atoms with Gasteiger partial charge < -0.3 is 16.8 Å². The summed E-state index contributed by atoms with van der Waals surface area (Å²) in [6, 6.07) is 3.33. The molecule has 0 aliphatic carbocycles. The van der Waals surface area contributed by atoms with Crippen LogP contribution < -0.4 is 16.8 Å². The highest BCUT2D eigenvalue weighted by atomic mass is 16.1. The summed E-state index contributed by atoms with van der Waals surface area (Å²) >= 11 is 0. The van der Waals surface area contributed by atoms with Crippen molar-refractivity contribution in [2.75, 3.05) is 11.9 Å². The first-order valence-corrected chi connectivity index (χ1v) is 5.14. The van der Waals surface area contributed by atoms with E-state index in [0.717, 1.165) is 0 Å². The van der Waals surface area contributed by atoms with Crippen LogP contribution >= 0.6 is 0 Å². The Morgan fingerprint density at radius 1 is 1.44 bits per heavy atom. The van der Waals surface area contributed by atoms with Crippen LogP contribution in [-0.4, -0.2) is 28.7 Å². The number of carbonyl (C=O) groups is 1. The molecule has 0 radical (unpaired) electrons. The second-order valence-electron chi connectivity index (χ2n) is 3.90. The molecule has 0 aliphatic rings. The second kappa shape index (κ2) is 5.41. The van der Waals surface area contributed by atoms with Gasteiger partial charge in [0.2, 0.25) is 0 Å². The fraction of sp³-hybridized carbons (Fsp3) is 0.500. The largest absolute Gasteiger partial charge is 0.364 e. The van der Waals surface area contributed by atoms with E-state index in [4.69, 9.17) is 11.5 Å². The van der Waals surface area contributed by atoms with Gasteiger partial charge in [0.05, 0.1) is 0 Å². The molecule has 1 atom stereocenters. The molecule has 1 aromatic heterocycles. The Labute approximate surface area is 94.4 Å². The van der Waals surface area contributed by atoms with Gasteiger partial charge in [0, 0.05) is 12.6 Å². The molecular weight excluding hydrogens is 206 g/mol. The van der Waals surface area contributed by atoms with E-state index >= 15 is 0 Å². The topological polar surface area (TPSA) is 107 Å². The maximum atomic E-state index is 10.8. The van der Waals surface area contributed by atoms with Gasteiger partial charge in [0.15, 0.2) is 5.69 Å². The Morgan fingerprint density at radius 3 is 2.50 bits per heavy atom. The molecule has 1 heterocycles. The van der Waals surface area contributed by atoms with Gasteiger partial charge in [0.25, 0.3) is 5.91 Å². The minimum absolute atomic E-state index is 0.133. The van der Waals surface area contributed by atoms with Crippen LogP contribution in [0.15, 0.2) is 12.1 Å². The van der Waals surface area contributed by atoms with Crippen molar-refractivity contribution < 1.29 is 4.79 Å². The summed E-state index contributed by atoms with van der Waals surface area (Å²) in [6.07, 6.45) is 0. The zero-order valence-corrected chi connectivity index (χ0v) is 9.47. The Hall–Kier alpha value is -1.69. The third-order valence-electron chi connectivity index (χ3n) is 2.31. The Bertz CT molecular complexity index is 349. The quantitative estimate of drug-likeness (QED) is 0.649. The molecule has 6 heteroatoms. The molecule has 0 saturated carbocycles. The third-order valence-corrected chi connectivity index (χ3v) is 2.31. The maximum absolute atomic E-state index is 10.8. The van der Waals surface area contributed by atoms with Gasteiger partial charge in [-0.3, -0.25) is 4.79 Å². The Balaban J connectivity index is 2.71. The van der Waals surface area contributed by atoms with Crippen LogP contribution in [0, 0.1) is 5.92 Å². The lowest BCUT2D eigenvalue weighted by Crippen LogP contribution is -2.34. The molecular formula is C10H17N5O. The first-order chi connectivity index (χ1) is 7.54. The van der Waals surface area contributed by atoms with Gasteiger partial charge in [0.1, 0.15) is 5.82 Å². The highest BCUT2D eigenvalue weighted by Gasteiger charge is 2.12. The molecule has 1 amide bonds. The number of anilines is 1. The van der Waals surface area contributed by atoms with E-state index in [-0.39, 0.29) is 11.7 Å². The van der Waals surface area contributed by atoms with Crippen LogP contribution in [0.3, 0.4) is 0 Å². The van der Waals surface area contributed by atoms with E-state index in [1.807, 2.05) is 0 Å². The molecule has 0 spiro atoms. The number of nitrogens with zero attached hydrogens (tertiary/aromatic N) is 2. The van der Waals surface area contributed by atoms with Crippen molar-refractivity contribution in [2.45, 2.75) is 19.9 Å². The van der Waals surface area contributed by atoms with Crippen molar-refractivity contribution in [1.29, 1.82) is 0 Å². The van der Waals surface area contributed by atoms with Gasteiger partial charge in [-0.05, 0) is 18.1 Å². The normalized spacial score (nSPS) is 12.5. The Morgan fingerprint density at radius 2 is 2.12 bits per heavy atom. The van der Waals surface area contributed by atoms with Crippen molar-refractivity contribution in [3.05, 3.63) is 17.8 Å². The summed E-state index contributed by atoms with van der Waals surface area (Å²) < 4.78 is 0. The molecule has 6 nitrogen and oxygen atoms in total. The fourth-order valence-electron chi connectivity index (χ4n) is 1.23. The van der Waals surface area contributed by atoms with Crippen LogP contribution in [0.4, 0.5) is 5.82 Å². The minimum Gasteiger partial charge on any atom is -0.364 e. The van der Waals surface area contributed by atoms with Gasteiger partial charge >= 0.3 is 0 Å². The minimum atomic E-state index is -0.585. The van der Waals surface area contributed by atoms with E-state index in [0.29, 0.717) is 18.3 Å². The monoisotopic (exact) mass is 223 g/mol. The summed E-state index contributed by atoms with van der Waals surface area (Å²) in [5, 5.41) is 10.7. The summed E-state index contributed by atoms with van der Waals surface area (Å²) in [6.45, 7) is 4.64. The highest BCUT2D eigenvalue weighted by Crippen LogP contribution is 2.08. The molecule has 5 N–H and O–H groups in total. The number of primary amides is 1. The van der Waals surface area contributed by atoms with Crippen LogP contribution in [0.2, 0.25) is 0 Å². The second-order valence-corrected chi connectivity index (χ2v) is 3.90. The molecule has 0 saturated heterocycles. The molecule has 1 unspecified atom stereocenters. The fourth-order valence-corrected chi connectivity index (χ4v) is 1.23. The molecule has 0 aliphatic heterocycles. The predicted molar refractivity (Wildman–Crippen MR) is 61.9 cm³/mol. The van der Waals surface area contributed by atoms with E-state index < -0.39 is 5.91 Å². The number of hydrogen-bond donors (Lipinski definition) is 3. The number of carbonyl (C=O) groups excluding carboxylic acids is 1. The molecule has 16 heavy (non-hydrogen) atoms. The molecule has 0 bridgehead atoms. The molecule has 88 valence electrons. The first-order valence-electron chi connectivity index (χ1n) is 5.14. The summed E-state index contributed by atoms with van der Waals surface area (Å²) in [7, 11) is 0. The maximum Gasteiger partial charge on any atom is 0.269 e. The van der Waals surface area contributed by atoms with E-state index in [1.165, 1.54) is 6.07 Å². The van der Waals surface area contributed by atoms with Crippen LogP contribution in [-0.2, 0) is 0 Å². The third kappa shape index (κ3) is 3.16. The van der Waals surface area contributed by atoms with Crippen LogP contribution in [0.5, 0.6) is 0 Å². The highest BCUT2D eigenvalue weighted by molar-refractivity contribution is 5.90. The number of amides is 1. The standard InChI is InChI=1S/C10H17N5O/c1-6(2)8(5-11)13-9-4-3-7(10(12)16)14-15-9/h3-4,6,8H,5,11H2,1-2H3,(H2,12,16)(H,13,15). The van der Waals surface area contributed by atoms with E-state index in [9.17, 15) is 4.79 Å². The summed E-state index contributed by atoms with van der Waals surface area (Å²) in [4.78, 5) is 10.8. The molecule has 0 aromatic carbocycles. The lowest BCUT2D eigenvalue weighted by atomic mass is 10.1. The van der Waals surface area contributed by atoms with Crippen molar-refractivity contribution >= 4 is 11.7 Å². The van der Waals surface area contributed by atoms with Gasteiger partial charge in [-0.15, -0.1) is 10.2 Å². The van der Waals surface area contributed by atoms with Gasteiger partial charge in [-0.25, -0.2) is 0 Å². The molecule has 1 aromatic rings. The predicted octanol–water partition coefficient (Wildman–Crippen LogP) is -0.0293. The van der Waals surface area contributed by atoms with Crippen LogP contribution in [0.1, 0.15) is 24.3 Å². The average Bonchev–Trinajstić information content (AvgIpc) is 2.26. The number of nitrogens with two attached hydrogens (primary N) is 2. The molecule has 1 rings (SSSR count). The van der Waals surface area contributed by atoms with Crippen molar-refractivity contribution in [1.82, 2.24) is 10.2 Å². The summed E-state index contributed by atoms with van der Waals surface area (Å²) in [5.74, 6) is 0.398. The SMILES string of the molecule is CC(C)C(CN)Nc1ccc(C(N)=O)nn1. The zero-order valence-electron chi connectivity index (χ0n) is 9.47. The lowest BCUT2D eigenvalue weighted by Gasteiger charge is -2.20. The van der Waals surface area contributed by atoms with E-state index in [2.05, 4.69) is 29.4 Å². The number of hydrogen-bond acceptors (Lipinski definition) is 5. The van der Waals surface area contributed by atoms with E-state index in [1.54, 1.807) is 6.07 Å². The van der Waals surface area contributed by atoms with Gasteiger partial charge in [-0.1, -0.05) is 13.8 Å². The lowest BCUT2D eigenvalue weighted by molar-refractivity contribution is 0.0994. The summed E-state index contributed by atoms with van der Waals surface area (Å²) in [5.41, 5.74) is 10.8. The van der Waals surface area contributed by atoms with Crippen molar-refractivity contribution in [3.63, 3.8) is 0 Å². The number of aromatic nitrogens is 2. The number of rotatable bonds is 5. The number of nitrogens with one attached hydrogen (secondary N) is 1.